The molecule has 0 aliphatic rings. The van der Waals surface area contributed by atoms with Crippen LogP contribution in [0, 0.1) is 11.0 Å². The van der Waals surface area contributed by atoms with E-state index in [1.807, 2.05) is 0 Å². The van der Waals surface area contributed by atoms with Gasteiger partial charge in [0, 0.05) is 0 Å². The Bertz CT molecular complexity index is 450. The number of nitrogen functional groups attached to an aromatic ring is 1. The van der Waals surface area contributed by atoms with Crippen LogP contribution >= 0.6 is 0 Å². The van der Waals surface area contributed by atoms with Crippen LogP contribution in [0.4, 0.5) is 10.2 Å². The van der Waals surface area contributed by atoms with Crippen LogP contribution in [0.25, 0.3) is 11.3 Å². The summed E-state index contributed by atoms with van der Waals surface area (Å²) in [7, 11) is 0. The van der Waals surface area contributed by atoms with Crippen LogP contribution in [-0.4, -0.2) is 5.16 Å². The van der Waals surface area contributed by atoms with E-state index in [1.165, 1.54) is 18.2 Å². The van der Waals surface area contributed by atoms with Crippen molar-refractivity contribution in [1.82, 2.24) is 5.16 Å². The van der Waals surface area contributed by atoms with E-state index in [0.717, 1.165) is 0 Å². The molecule has 6 heteroatoms. The van der Waals surface area contributed by atoms with Crippen LogP contribution in [0.3, 0.4) is 0 Å². The zero-order valence-corrected chi connectivity index (χ0v) is 6.98. The number of hydrogen-bond donors (Lipinski definition) is 1. The molecule has 0 saturated heterocycles. The molecule has 0 amide bonds. The fourth-order valence-corrected chi connectivity index (χ4v) is 1.15. The SMILES string of the molecule is Nc1no[n+]([O-])c1-c1ccccc1F. The fourth-order valence-electron chi connectivity index (χ4n) is 1.15. The second-order valence-electron chi connectivity index (χ2n) is 2.64. The third kappa shape index (κ3) is 1.17. The minimum absolute atomic E-state index is 0.0706. The summed E-state index contributed by atoms with van der Waals surface area (Å²) in [4.78, 5) is 0.0771. The van der Waals surface area contributed by atoms with Gasteiger partial charge in [-0.3, -0.25) is 4.63 Å². The van der Waals surface area contributed by atoms with Crippen molar-refractivity contribution in [1.29, 1.82) is 0 Å². The largest absolute Gasteiger partial charge is 0.359 e. The first-order valence-electron chi connectivity index (χ1n) is 3.80. The van der Waals surface area contributed by atoms with Gasteiger partial charge < -0.3 is 10.9 Å². The van der Waals surface area contributed by atoms with Crippen molar-refractivity contribution in [2.75, 3.05) is 5.73 Å². The maximum atomic E-state index is 13.2. The Morgan fingerprint density at radius 3 is 2.71 bits per heavy atom. The van der Waals surface area contributed by atoms with Crippen LogP contribution in [0.2, 0.25) is 0 Å². The maximum Gasteiger partial charge on any atom is 0.313 e. The number of halogens is 1. The van der Waals surface area contributed by atoms with Crippen molar-refractivity contribution in [3.05, 3.63) is 35.3 Å². The van der Waals surface area contributed by atoms with Gasteiger partial charge in [0.05, 0.1) is 10.7 Å². The molecule has 72 valence electrons. The Kier molecular flexibility index (Phi) is 1.81. The number of benzene rings is 1. The van der Waals surface area contributed by atoms with Gasteiger partial charge in [-0.1, -0.05) is 12.1 Å². The minimum atomic E-state index is -0.549. The van der Waals surface area contributed by atoms with Gasteiger partial charge in [-0.05, 0) is 17.0 Å². The van der Waals surface area contributed by atoms with Crippen LogP contribution in [0.1, 0.15) is 0 Å². The first-order chi connectivity index (χ1) is 6.70. The lowest BCUT2D eigenvalue weighted by Gasteiger charge is -1.97. The Labute approximate surface area is 78.1 Å². The highest BCUT2D eigenvalue weighted by molar-refractivity contribution is 5.66. The zero-order chi connectivity index (χ0) is 10.1. The van der Waals surface area contributed by atoms with Gasteiger partial charge in [-0.15, -0.1) is 0 Å². The number of rotatable bonds is 1. The fraction of sp³-hybridized carbons (Fsp3) is 0. The molecule has 2 aromatic rings. The van der Waals surface area contributed by atoms with Gasteiger partial charge in [-0.2, -0.15) is 0 Å². The minimum Gasteiger partial charge on any atom is -0.359 e. The number of nitrogens with zero attached hydrogens (tertiary/aromatic N) is 2. The maximum absolute atomic E-state index is 13.2. The van der Waals surface area contributed by atoms with Crippen molar-refractivity contribution >= 4 is 5.82 Å². The monoisotopic (exact) mass is 195 g/mol. The molecular weight excluding hydrogens is 189 g/mol. The van der Waals surface area contributed by atoms with Gasteiger partial charge in [-0.25, -0.2) is 4.39 Å². The summed E-state index contributed by atoms with van der Waals surface area (Å²) in [5.41, 5.74) is 5.31. The third-order valence-electron chi connectivity index (χ3n) is 1.77. The second-order valence-corrected chi connectivity index (χ2v) is 2.64. The lowest BCUT2D eigenvalue weighted by molar-refractivity contribution is -0.793. The van der Waals surface area contributed by atoms with E-state index in [2.05, 4.69) is 9.79 Å². The molecule has 1 aromatic carbocycles. The zero-order valence-electron chi connectivity index (χ0n) is 6.98. The van der Waals surface area contributed by atoms with Gasteiger partial charge in [0.2, 0.25) is 0 Å². The van der Waals surface area contributed by atoms with Crippen molar-refractivity contribution in [3.63, 3.8) is 0 Å². The highest BCUT2D eigenvalue weighted by atomic mass is 19.1. The van der Waals surface area contributed by atoms with E-state index in [9.17, 15) is 9.60 Å². The van der Waals surface area contributed by atoms with E-state index in [-0.39, 0.29) is 22.0 Å². The Hall–Kier alpha value is -2.11. The van der Waals surface area contributed by atoms with Crippen LogP contribution in [0.15, 0.2) is 28.9 Å². The molecule has 0 spiro atoms. The molecule has 0 saturated carbocycles. The summed E-state index contributed by atoms with van der Waals surface area (Å²) >= 11 is 0. The molecule has 0 fully saturated rings. The normalized spacial score (nSPS) is 10.4. The molecule has 5 nitrogen and oxygen atoms in total. The first-order valence-corrected chi connectivity index (χ1v) is 3.80. The molecule has 2 N–H and O–H groups in total. The molecule has 14 heavy (non-hydrogen) atoms. The smallest absolute Gasteiger partial charge is 0.313 e. The summed E-state index contributed by atoms with van der Waals surface area (Å²) in [5, 5.41) is 14.3. The van der Waals surface area contributed by atoms with Gasteiger partial charge >= 0.3 is 5.82 Å². The summed E-state index contributed by atoms with van der Waals surface area (Å²) < 4.78 is 17.5. The highest BCUT2D eigenvalue weighted by Crippen LogP contribution is 2.22. The molecule has 0 radical (unpaired) electrons. The van der Waals surface area contributed by atoms with E-state index < -0.39 is 5.82 Å². The number of nitrogens with two attached hydrogens (primary N) is 1. The molecular formula is C8H6FN3O2. The van der Waals surface area contributed by atoms with Crippen molar-refractivity contribution in [3.8, 4) is 11.3 Å². The molecule has 1 heterocycles. The van der Waals surface area contributed by atoms with Gasteiger partial charge in [0.1, 0.15) is 5.82 Å². The van der Waals surface area contributed by atoms with Crippen molar-refractivity contribution in [2.24, 2.45) is 0 Å². The molecule has 0 bridgehead atoms. The highest BCUT2D eigenvalue weighted by Gasteiger charge is 2.20. The summed E-state index contributed by atoms with van der Waals surface area (Å²) in [6, 6.07) is 5.75. The Balaban J connectivity index is 2.66. The van der Waals surface area contributed by atoms with E-state index in [0.29, 0.717) is 0 Å². The van der Waals surface area contributed by atoms with Crippen LogP contribution in [0.5, 0.6) is 0 Å². The molecule has 2 rings (SSSR count). The van der Waals surface area contributed by atoms with Gasteiger partial charge in [0.15, 0.2) is 0 Å². The second kappa shape index (κ2) is 2.99. The summed E-state index contributed by atoms with van der Waals surface area (Å²) in [5.74, 6) is -0.683. The van der Waals surface area contributed by atoms with Crippen molar-refractivity contribution in [2.45, 2.75) is 0 Å². The predicted octanol–water partition coefficient (Wildman–Crippen LogP) is 0.696. The standard InChI is InChI=1S/C8H6FN3O2/c9-6-4-2-1-3-5(6)7-8(10)11-14-12(7)13/h1-4H,(H2,10,11). The number of anilines is 1. The quantitative estimate of drug-likeness (QED) is 0.679. The average molecular weight is 195 g/mol. The lowest BCUT2D eigenvalue weighted by atomic mass is 10.1. The van der Waals surface area contributed by atoms with Crippen LogP contribution in [-0.2, 0) is 0 Å². The first kappa shape index (κ1) is 8.49. The molecule has 0 aliphatic heterocycles. The van der Waals surface area contributed by atoms with Crippen molar-refractivity contribution < 1.29 is 13.9 Å². The van der Waals surface area contributed by atoms with Crippen LogP contribution < -0.4 is 10.6 Å². The van der Waals surface area contributed by atoms with E-state index >= 15 is 0 Å². The van der Waals surface area contributed by atoms with Gasteiger partial charge in [0.25, 0.3) is 5.69 Å². The third-order valence-corrected chi connectivity index (χ3v) is 1.77. The van der Waals surface area contributed by atoms with E-state index in [4.69, 9.17) is 5.73 Å². The molecule has 0 unspecified atom stereocenters. The average Bonchev–Trinajstić information content (AvgIpc) is 2.48. The Morgan fingerprint density at radius 2 is 2.14 bits per heavy atom. The summed E-state index contributed by atoms with van der Waals surface area (Å²) in [6.07, 6.45) is 0. The lowest BCUT2D eigenvalue weighted by Crippen LogP contribution is -2.25. The Morgan fingerprint density at radius 1 is 1.43 bits per heavy atom. The number of aromatic nitrogens is 2. The molecule has 0 aliphatic carbocycles. The topological polar surface area (TPSA) is 79.0 Å². The molecule has 1 aromatic heterocycles. The predicted molar refractivity (Wildman–Crippen MR) is 45.3 cm³/mol. The molecule has 0 atom stereocenters. The summed E-state index contributed by atoms with van der Waals surface area (Å²) in [6.45, 7) is 0. The van der Waals surface area contributed by atoms with E-state index in [1.54, 1.807) is 6.07 Å². The number of hydrogen-bond acceptors (Lipinski definition) is 4.